The van der Waals surface area contributed by atoms with Crippen LogP contribution in [0.2, 0.25) is 0 Å². The molecule has 5 rings (SSSR count). The Kier molecular flexibility index (Phi) is 7.67. The number of carbonyl (C=O) groups excluding carboxylic acids is 3. The Hall–Kier alpha value is -4.14. The standard InChI is InChI=1S/C30H29ClN4O4/c1-20-8-13-25(39-2)24(18-20)35-29(37)26(31)27(30(35)38)32-23-11-9-22(10-12-23)28(36)34-16-14-33(15-17-34)19-21-6-4-3-5-7-21/h3-13,18,32H,14-17,19H2,1-2H3. The Bertz CT molecular complexity index is 1430. The molecule has 2 aliphatic heterocycles. The van der Waals surface area contributed by atoms with E-state index in [-0.39, 0.29) is 16.6 Å². The van der Waals surface area contributed by atoms with Crippen molar-refractivity contribution >= 4 is 40.7 Å². The normalized spacial score (nSPS) is 16.2. The van der Waals surface area contributed by atoms with Crippen molar-refractivity contribution in [3.63, 3.8) is 0 Å². The molecule has 0 radical (unpaired) electrons. The molecule has 0 aromatic heterocycles. The van der Waals surface area contributed by atoms with Crippen molar-refractivity contribution in [2.45, 2.75) is 13.5 Å². The number of carbonyl (C=O) groups is 3. The van der Waals surface area contributed by atoms with E-state index in [1.165, 1.54) is 12.7 Å². The highest BCUT2D eigenvalue weighted by atomic mass is 35.5. The van der Waals surface area contributed by atoms with Gasteiger partial charge in [0.2, 0.25) is 0 Å². The summed E-state index contributed by atoms with van der Waals surface area (Å²) in [6.45, 7) is 5.66. The van der Waals surface area contributed by atoms with Gasteiger partial charge in [0.1, 0.15) is 16.5 Å². The summed E-state index contributed by atoms with van der Waals surface area (Å²) in [6.07, 6.45) is 0. The van der Waals surface area contributed by atoms with Gasteiger partial charge in [0.15, 0.2) is 0 Å². The molecular formula is C30H29ClN4O4. The Morgan fingerprint density at radius 3 is 2.28 bits per heavy atom. The predicted octanol–water partition coefficient (Wildman–Crippen LogP) is 4.40. The van der Waals surface area contributed by atoms with Gasteiger partial charge in [-0.1, -0.05) is 48.0 Å². The second kappa shape index (κ2) is 11.3. The lowest BCUT2D eigenvalue weighted by atomic mass is 10.1. The molecule has 0 saturated carbocycles. The zero-order chi connectivity index (χ0) is 27.5. The van der Waals surface area contributed by atoms with Crippen molar-refractivity contribution in [2.24, 2.45) is 0 Å². The van der Waals surface area contributed by atoms with E-state index in [2.05, 4.69) is 22.3 Å². The minimum Gasteiger partial charge on any atom is -0.495 e. The maximum Gasteiger partial charge on any atom is 0.283 e. The van der Waals surface area contributed by atoms with Crippen LogP contribution in [-0.2, 0) is 16.1 Å². The number of hydrogen-bond donors (Lipinski definition) is 1. The third-order valence-corrected chi connectivity index (χ3v) is 7.26. The number of imide groups is 1. The molecule has 0 aliphatic carbocycles. The second-order valence-corrected chi connectivity index (χ2v) is 9.94. The third kappa shape index (κ3) is 5.53. The highest BCUT2D eigenvalue weighted by molar-refractivity contribution is 6.53. The summed E-state index contributed by atoms with van der Waals surface area (Å²) in [7, 11) is 1.47. The van der Waals surface area contributed by atoms with Crippen LogP contribution in [0.4, 0.5) is 11.4 Å². The van der Waals surface area contributed by atoms with Crippen molar-refractivity contribution in [2.75, 3.05) is 43.5 Å². The molecule has 200 valence electrons. The quantitative estimate of drug-likeness (QED) is 0.444. The molecular weight excluding hydrogens is 516 g/mol. The van der Waals surface area contributed by atoms with Crippen LogP contribution in [0, 0.1) is 6.92 Å². The molecule has 0 bridgehead atoms. The van der Waals surface area contributed by atoms with Crippen LogP contribution < -0.4 is 15.0 Å². The number of nitrogens with one attached hydrogen (secondary N) is 1. The first kappa shape index (κ1) is 26.5. The zero-order valence-electron chi connectivity index (χ0n) is 21.8. The number of hydrogen-bond acceptors (Lipinski definition) is 6. The molecule has 0 spiro atoms. The fraction of sp³-hybridized carbons (Fsp3) is 0.233. The number of aryl methyl sites for hydroxylation is 1. The third-order valence-electron chi connectivity index (χ3n) is 6.91. The second-order valence-electron chi connectivity index (χ2n) is 9.57. The van der Waals surface area contributed by atoms with Crippen LogP contribution in [0.5, 0.6) is 5.75 Å². The van der Waals surface area contributed by atoms with Gasteiger partial charge in [-0.05, 0) is 54.4 Å². The SMILES string of the molecule is COc1ccc(C)cc1N1C(=O)C(Cl)=C(Nc2ccc(C(=O)N3CCN(Cc4ccccc4)CC3)cc2)C1=O. The van der Waals surface area contributed by atoms with Crippen LogP contribution in [0.1, 0.15) is 21.5 Å². The Labute approximate surface area is 232 Å². The Morgan fingerprint density at radius 2 is 1.62 bits per heavy atom. The van der Waals surface area contributed by atoms with E-state index in [0.29, 0.717) is 35.8 Å². The van der Waals surface area contributed by atoms with Gasteiger partial charge in [-0.15, -0.1) is 0 Å². The number of anilines is 2. The number of nitrogens with zero attached hydrogens (tertiary/aromatic N) is 3. The van der Waals surface area contributed by atoms with Crippen molar-refractivity contribution in [3.8, 4) is 5.75 Å². The lowest BCUT2D eigenvalue weighted by molar-refractivity contribution is -0.120. The summed E-state index contributed by atoms with van der Waals surface area (Å²) in [6, 6.07) is 22.3. The number of amides is 3. The molecule has 9 heteroatoms. The van der Waals surface area contributed by atoms with Crippen LogP contribution in [0.15, 0.2) is 83.5 Å². The van der Waals surface area contributed by atoms with Gasteiger partial charge >= 0.3 is 0 Å². The average Bonchev–Trinajstić information content (AvgIpc) is 3.16. The van der Waals surface area contributed by atoms with Crippen LogP contribution in [0.3, 0.4) is 0 Å². The van der Waals surface area contributed by atoms with E-state index in [9.17, 15) is 14.4 Å². The molecule has 2 aliphatic rings. The molecule has 39 heavy (non-hydrogen) atoms. The highest BCUT2D eigenvalue weighted by Crippen LogP contribution is 2.36. The van der Waals surface area contributed by atoms with Gasteiger partial charge in [0, 0.05) is 44.0 Å². The van der Waals surface area contributed by atoms with E-state index < -0.39 is 11.8 Å². The number of piperazine rings is 1. The van der Waals surface area contributed by atoms with Gasteiger partial charge in [-0.2, -0.15) is 0 Å². The molecule has 2 heterocycles. The number of halogens is 1. The number of ether oxygens (including phenoxy) is 1. The predicted molar refractivity (Wildman–Crippen MR) is 151 cm³/mol. The van der Waals surface area contributed by atoms with Crippen molar-refractivity contribution in [1.29, 1.82) is 0 Å². The lowest BCUT2D eigenvalue weighted by Crippen LogP contribution is -2.48. The van der Waals surface area contributed by atoms with Gasteiger partial charge in [0.25, 0.3) is 17.7 Å². The van der Waals surface area contributed by atoms with E-state index in [0.717, 1.165) is 30.1 Å². The van der Waals surface area contributed by atoms with Crippen molar-refractivity contribution < 1.29 is 19.1 Å². The molecule has 0 unspecified atom stereocenters. The Balaban J connectivity index is 1.22. The smallest absolute Gasteiger partial charge is 0.283 e. The first-order valence-electron chi connectivity index (χ1n) is 12.7. The van der Waals surface area contributed by atoms with Crippen LogP contribution >= 0.6 is 11.6 Å². The fourth-order valence-electron chi connectivity index (χ4n) is 4.78. The zero-order valence-corrected chi connectivity index (χ0v) is 22.6. The van der Waals surface area contributed by atoms with Gasteiger partial charge in [-0.3, -0.25) is 19.3 Å². The maximum absolute atomic E-state index is 13.2. The molecule has 3 aromatic carbocycles. The molecule has 0 atom stereocenters. The largest absolute Gasteiger partial charge is 0.495 e. The monoisotopic (exact) mass is 544 g/mol. The van der Waals surface area contributed by atoms with E-state index in [1.807, 2.05) is 36.1 Å². The summed E-state index contributed by atoms with van der Waals surface area (Å²) >= 11 is 6.30. The van der Waals surface area contributed by atoms with Crippen molar-refractivity contribution in [3.05, 3.63) is 100 Å². The maximum atomic E-state index is 13.2. The molecule has 3 aromatic rings. The van der Waals surface area contributed by atoms with Gasteiger partial charge < -0.3 is 15.0 Å². The highest BCUT2D eigenvalue weighted by Gasteiger charge is 2.40. The van der Waals surface area contributed by atoms with E-state index in [1.54, 1.807) is 36.4 Å². The summed E-state index contributed by atoms with van der Waals surface area (Å²) in [5.41, 5.74) is 3.51. The minimum absolute atomic E-state index is 0.0289. The topological polar surface area (TPSA) is 82.2 Å². The lowest BCUT2D eigenvalue weighted by Gasteiger charge is -2.34. The minimum atomic E-state index is -0.633. The molecule has 8 nitrogen and oxygen atoms in total. The van der Waals surface area contributed by atoms with Gasteiger partial charge in [0.05, 0.1) is 12.8 Å². The van der Waals surface area contributed by atoms with Crippen LogP contribution in [0.25, 0.3) is 0 Å². The molecule has 1 fully saturated rings. The first-order valence-corrected chi connectivity index (χ1v) is 13.1. The first-order chi connectivity index (χ1) is 18.9. The van der Waals surface area contributed by atoms with Crippen LogP contribution in [-0.4, -0.2) is 60.8 Å². The Morgan fingerprint density at radius 1 is 0.923 bits per heavy atom. The summed E-state index contributed by atoms with van der Waals surface area (Å²) in [5, 5.41) is 2.75. The summed E-state index contributed by atoms with van der Waals surface area (Å²) < 4.78 is 5.35. The molecule has 1 saturated heterocycles. The molecule has 1 N–H and O–H groups in total. The number of benzene rings is 3. The van der Waals surface area contributed by atoms with Gasteiger partial charge in [-0.25, -0.2) is 4.90 Å². The van der Waals surface area contributed by atoms with Crippen molar-refractivity contribution in [1.82, 2.24) is 9.80 Å². The van der Waals surface area contributed by atoms with E-state index in [4.69, 9.17) is 16.3 Å². The summed E-state index contributed by atoms with van der Waals surface area (Å²) in [4.78, 5) is 44.4. The number of rotatable bonds is 7. The van der Waals surface area contributed by atoms with E-state index >= 15 is 0 Å². The average molecular weight is 545 g/mol. The molecule has 3 amide bonds. The fourth-order valence-corrected chi connectivity index (χ4v) is 4.99. The summed E-state index contributed by atoms with van der Waals surface area (Å²) in [5.74, 6) is -0.867. The number of methoxy groups -OCH3 is 1.